The molecule has 0 atom stereocenters. The number of amides is 2. The van der Waals surface area contributed by atoms with E-state index in [2.05, 4.69) is 80.8 Å². The van der Waals surface area contributed by atoms with Crippen LogP contribution in [0.5, 0.6) is 0 Å². The van der Waals surface area contributed by atoms with Crippen LogP contribution >= 0.6 is 0 Å². The number of aliphatic hydroxyl groups is 1. The zero-order chi connectivity index (χ0) is 30.4. The smallest absolute Gasteiger partial charge is 0.229 e. The van der Waals surface area contributed by atoms with Crippen molar-refractivity contribution in [3.8, 4) is 33.6 Å². The first kappa shape index (κ1) is 28.9. The van der Waals surface area contributed by atoms with Crippen molar-refractivity contribution in [2.75, 3.05) is 0 Å². The van der Waals surface area contributed by atoms with Gasteiger partial charge in [-0.15, -0.1) is 0 Å². The Hall–Kier alpha value is -4.24. The molecule has 4 aromatic rings. The number of nitrogens with one attached hydrogen (secondary N) is 4. The Morgan fingerprint density at radius 3 is 1.56 bits per heavy atom. The number of nitrogens with zero attached hydrogens (tertiary/aromatic N) is 2. The van der Waals surface area contributed by atoms with Gasteiger partial charge < -0.3 is 25.7 Å². The molecule has 2 aromatic heterocycles. The molecule has 224 valence electrons. The predicted molar refractivity (Wildman–Crippen MR) is 165 cm³/mol. The molecule has 6 rings (SSSR count). The second-order valence-corrected chi connectivity index (χ2v) is 13.0. The minimum atomic E-state index is -1.04. The van der Waals surface area contributed by atoms with Crippen molar-refractivity contribution < 1.29 is 14.7 Å². The molecule has 5 N–H and O–H groups in total. The highest BCUT2D eigenvalue weighted by molar-refractivity contribution is 5.86. The van der Waals surface area contributed by atoms with Crippen molar-refractivity contribution in [1.29, 1.82) is 0 Å². The van der Waals surface area contributed by atoms with E-state index in [1.165, 1.54) is 0 Å². The standard InChI is InChI=1S/C34H40N6O3/c1-21(2)33(13-14-33)30(41)37-19-28-35-17-26(39-28)24-9-5-22(6-10-24)23-7-11-25(12-8-23)27-18-36-29(40-27)20-38-31(42)34(15-16-34)32(3,4)43/h5-12,17-18,21,43H,13-16,19-20H2,1-4H3,(H,35,39)(H,36,40)(H,37,41)(H,38,42). The monoisotopic (exact) mass is 580 g/mol. The van der Waals surface area contributed by atoms with E-state index in [-0.39, 0.29) is 23.8 Å². The number of hydrogen-bond acceptors (Lipinski definition) is 5. The summed E-state index contributed by atoms with van der Waals surface area (Å²) in [4.78, 5) is 40.8. The maximum atomic E-state index is 12.7. The van der Waals surface area contributed by atoms with Crippen molar-refractivity contribution in [3.05, 3.63) is 72.6 Å². The highest BCUT2D eigenvalue weighted by Gasteiger charge is 2.59. The summed E-state index contributed by atoms with van der Waals surface area (Å²) in [6, 6.07) is 16.6. The van der Waals surface area contributed by atoms with Crippen molar-refractivity contribution in [2.24, 2.45) is 16.7 Å². The molecule has 2 amide bonds. The SMILES string of the molecule is CC(C)C1(C(=O)NCc2ncc(-c3ccc(-c4ccc(-c5cnc(CNC(=O)C6(C(C)(C)O)CC6)[nH]5)cc4)cc3)[nH]2)CC1. The largest absolute Gasteiger partial charge is 0.389 e. The number of rotatable bonds is 11. The van der Waals surface area contributed by atoms with E-state index in [0.717, 1.165) is 52.3 Å². The third kappa shape index (κ3) is 5.61. The molecule has 2 fully saturated rings. The normalized spacial score (nSPS) is 16.6. The van der Waals surface area contributed by atoms with Gasteiger partial charge in [0.05, 0.1) is 53.3 Å². The van der Waals surface area contributed by atoms with Gasteiger partial charge in [0.25, 0.3) is 0 Å². The number of H-pyrrole nitrogens is 2. The van der Waals surface area contributed by atoms with E-state index in [4.69, 9.17) is 0 Å². The maximum Gasteiger partial charge on any atom is 0.229 e. The quantitative estimate of drug-likeness (QED) is 0.163. The summed E-state index contributed by atoms with van der Waals surface area (Å²) in [5, 5.41) is 16.4. The second kappa shape index (κ2) is 10.8. The van der Waals surface area contributed by atoms with Gasteiger partial charge >= 0.3 is 0 Å². The minimum absolute atomic E-state index is 0.127. The topological polar surface area (TPSA) is 136 Å². The molecule has 0 saturated heterocycles. The van der Waals surface area contributed by atoms with E-state index in [0.29, 0.717) is 31.1 Å². The summed E-state index contributed by atoms with van der Waals surface area (Å²) < 4.78 is 0. The van der Waals surface area contributed by atoms with Crippen LogP contribution in [0.4, 0.5) is 0 Å². The third-order valence-corrected chi connectivity index (χ3v) is 9.52. The number of benzene rings is 2. The fraction of sp³-hybridized carbons (Fsp3) is 0.412. The van der Waals surface area contributed by atoms with Crippen LogP contribution in [0.25, 0.3) is 33.6 Å². The first-order valence-electron chi connectivity index (χ1n) is 15.1. The lowest BCUT2D eigenvalue weighted by molar-refractivity contribution is -0.135. The van der Waals surface area contributed by atoms with Crippen LogP contribution in [0, 0.1) is 16.7 Å². The van der Waals surface area contributed by atoms with Crippen LogP contribution in [0.15, 0.2) is 60.9 Å². The first-order valence-corrected chi connectivity index (χ1v) is 15.1. The molecule has 2 heterocycles. The summed E-state index contributed by atoms with van der Waals surface area (Å²) in [7, 11) is 0. The number of carbonyl (C=O) groups is 2. The molecule has 9 heteroatoms. The average Bonchev–Trinajstić information content (AvgIpc) is 3.90. The highest BCUT2D eigenvalue weighted by atomic mass is 16.3. The first-order chi connectivity index (χ1) is 20.5. The minimum Gasteiger partial charge on any atom is -0.389 e. The number of aromatic nitrogens is 4. The number of aromatic amines is 2. The van der Waals surface area contributed by atoms with E-state index in [1.807, 2.05) is 18.3 Å². The molecule has 2 aromatic carbocycles. The Bertz CT molecular complexity index is 1620. The Morgan fingerprint density at radius 2 is 1.19 bits per heavy atom. The van der Waals surface area contributed by atoms with Gasteiger partial charge in [-0.2, -0.15) is 0 Å². The molecule has 2 saturated carbocycles. The van der Waals surface area contributed by atoms with Crippen LogP contribution in [0.3, 0.4) is 0 Å². The van der Waals surface area contributed by atoms with Gasteiger partial charge in [-0.3, -0.25) is 9.59 Å². The molecule has 0 aliphatic heterocycles. The molecule has 0 bridgehead atoms. The summed E-state index contributed by atoms with van der Waals surface area (Å²) >= 11 is 0. The average molecular weight is 581 g/mol. The molecule has 0 radical (unpaired) electrons. The zero-order valence-electron chi connectivity index (χ0n) is 25.3. The highest BCUT2D eigenvalue weighted by Crippen LogP contribution is 2.54. The Balaban J connectivity index is 1.04. The molecular weight excluding hydrogens is 540 g/mol. The van der Waals surface area contributed by atoms with Gasteiger partial charge in [0.2, 0.25) is 11.8 Å². The zero-order valence-corrected chi connectivity index (χ0v) is 25.3. The number of imidazole rings is 2. The Kier molecular flexibility index (Phi) is 7.24. The third-order valence-electron chi connectivity index (χ3n) is 9.52. The molecule has 9 nitrogen and oxygen atoms in total. The summed E-state index contributed by atoms with van der Waals surface area (Å²) in [5.41, 5.74) is 4.08. The van der Waals surface area contributed by atoms with Crippen LogP contribution in [0.2, 0.25) is 0 Å². The van der Waals surface area contributed by atoms with E-state index in [1.54, 1.807) is 20.0 Å². The van der Waals surface area contributed by atoms with Gasteiger partial charge in [0, 0.05) is 0 Å². The lowest BCUT2D eigenvalue weighted by atomic mass is 9.87. The molecule has 2 aliphatic carbocycles. The van der Waals surface area contributed by atoms with E-state index >= 15 is 0 Å². The van der Waals surface area contributed by atoms with Crippen LogP contribution in [-0.2, 0) is 22.7 Å². The van der Waals surface area contributed by atoms with Crippen LogP contribution in [-0.4, -0.2) is 42.5 Å². The number of hydrogen-bond donors (Lipinski definition) is 5. The van der Waals surface area contributed by atoms with Gasteiger partial charge in [-0.1, -0.05) is 62.4 Å². The summed E-state index contributed by atoms with van der Waals surface area (Å²) in [5.74, 6) is 1.76. The van der Waals surface area contributed by atoms with Gasteiger partial charge in [-0.05, 0) is 67.7 Å². The van der Waals surface area contributed by atoms with Gasteiger partial charge in [0.1, 0.15) is 11.6 Å². The van der Waals surface area contributed by atoms with E-state index in [9.17, 15) is 14.7 Å². The van der Waals surface area contributed by atoms with Crippen molar-refractivity contribution in [3.63, 3.8) is 0 Å². The maximum absolute atomic E-state index is 12.7. The Morgan fingerprint density at radius 1 is 0.767 bits per heavy atom. The Labute approximate surface area is 252 Å². The van der Waals surface area contributed by atoms with Crippen molar-refractivity contribution in [1.82, 2.24) is 30.6 Å². The fourth-order valence-electron chi connectivity index (χ4n) is 6.00. The summed E-state index contributed by atoms with van der Waals surface area (Å²) in [6.45, 7) is 8.29. The van der Waals surface area contributed by atoms with Crippen molar-refractivity contribution >= 4 is 11.8 Å². The molecule has 43 heavy (non-hydrogen) atoms. The van der Waals surface area contributed by atoms with Crippen molar-refractivity contribution in [2.45, 2.75) is 72.1 Å². The lowest BCUT2D eigenvalue weighted by Crippen LogP contribution is -2.45. The summed E-state index contributed by atoms with van der Waals surface area (Å²) in [6.07, 6.45) is 6.91. The predicted octanol–water partition coefficient (Wildman–Crippen LogP) is 5.35. The van der Waals surface area contributed by atoms with Gasteiger partial charge in [-0.25, -0.2) is 9.97 Å². The second-order valence-electron chi connectivity index (χ2n) is 13.0. The van der Waals surface area contributed by atoms with Gasteiger partial charge in [0.15, 0.2) is 0 Å². The molecule has 0 spiro atoms. The van der Waals surface area contributed by atoms with Crippen LogP contribution in [0.1, 0.15) is 65.0 Å². The van der Waals surface area contributed by atoms with E-state index < -0.39 is 11.0 Å². The molecule has 2 aliphatic rings. The number of carbonyl (C=O) groups excluding carboxylic acids is 2. The molecular formula is C34H40N6O3. The molecule has 0 unspecified atom stereocenters. The van der Waals surface area contributed by atoms with Crippen LogP contribution < -0.4 is 10.6 Å². The fourth-order valence-corrected chi connectivity index (χ4v) is 6.00. The lowest BCUT2D eigenvalue weighted by Gasteiger charge is -2.28.